The maximum absolute atomic E-state index is 4.85. The Labute approximate surface area is 131 Å². The van der Waals surface area contributed by atoms with Crippen LogP contribution in [0.25, 0.3) is 5.57 Å². The molecule has 0 saturated carbocycles. The van der Waals surface area contributed by atoms with Gasteiger partial charge in [0, 0.05) is 22.5 Å². The van der Waals surface area contributed by atoms with E-state index < -0.39 is 0 Å². The lowest BCUT2D eigenvalue weighted by atomic mass is 9.91. The first-order valence-corrected chi connectivity index (χ1v) is 7.98. The molecule has 1 atom stereocenters. The fourth-order valence-corrected chi connectivity index (χ4v) is 3.59. The molecular weight excluding hydrogens is 268 g/mol. The van der Waals surface area contributed by atoms with Gasteiger partial charge in [0.15, 0.2) is 0 Å². The van der Waals surface area contributed by atoms with E-state index in [0.29, 0.717) is 0 Å². The monoisotopic (exact) mass is 288 g/mol. The molecule has 2 nitrogen and oxygen atoms in total. The molecule has 2 aliphatic heterocycles. The van der Waals surface area contributed by atoms with Crippen molar-refractivity contribution in [2.45, 2.75) is 32.9 Å². The smallest absolute Gasteiger partial charge is 0.146 e. The van der Waals surface area contributed by atoms with Crippen molar-refractivity contribution < 1.29 is 0 Å². The maximum Gasteiger partial charge on any atom is 0.146 e. The lowest BCUT2D eigenvalue weighted by Crippen LogP contribution is -2.08. The summed E-state index contributed by atoms with van der Waals surface area (Å²) in [6, 6.07) is 17.2. The standard InChI is InChI=1S/C20H20N2/c1-3-15-10-7-11-17-18(15)19-16(13(2)21-20(19)22-17)12-14-8-5-4-6-9-14/h4-11,20,22H,3,12H2,1-2H3/t20-/m1/s1. The van der Waals surface area contributed by atoms with Crippen molar-refractivity contribution in [2.24, 2.45) is 4.99 Å². The minimum atomic E-state index is 0.112. The minimum Gasteiger partial charge on any atom is -0.360 e. The zero-order valence-corrected chi connectivity index (χ0v) is 13.1. The van der Waals surface area contributed by atoms with Crippen LogP contribution < -0.4 is 5.32 Å². The Hall–Kier alpha value is -2.35. The number of nitrogens with one attached hydrogen (secondary N) is 1. The van der Waals surface area contributed by atoms with E-state index in [1.54, 1.807) is 0 Å². The predicted molar refractivity (Wildman–Crippen MR) is 93.4 cm³/mol. The fraction of sp³-hybridized carbons (Fsp3) is 0.250. The largest absolute Gasteiger partial charge is 0.360 e. The van der Waals surface area contributed by atoms with Crippen molar-refractivity contribution in [3.8, 4) is 0 Å². The van der Waals surface area contributed by atoms with Gasteiger partial charge in [0.2, 0.25) is 0 Å². The van der Waals surface area contributed by atoms with Crippen LogP contribution in [-0.4, -0.2) is 11.9 Å². The van der Waals surface area contributed by atoms with E-state index in [1.165, 1.54) is 39.2 Å². The molecule has 0 unspecified atom stereocenters. The van der Waals surface area contributed by atoms with E-state index in [1.807, 2.05) is 0 Å². The van der Waals surface area contributed by atoms with Crippen LogP contribution in [0.3, 0.4) is 0 Å². The van der Waals surface area contributed by atoms with E-state index in [4.69, 9.17) is 4.99 Å². The Morgan fingerprint density at radius 1 is 1.05 bits per heavy atom. The van der Waals surface area contributed by atoms with E-state index in [-0.39, 0.29) is 6.17 Å². The van der Waals surface area contributed by atoms with Gasteiger partial charge in [-0.25, -0.2) is 0 Å². The zero-order valence-electron chi connectivity index (χ0n) is 13.1. The number of allylic oxidation sites excluding steroid dienone is 1. The Balaban J connectivity index is 1.84. The Morgan fingerprint density at radius 3 is 2.64 bits per heavy atom. The summed E-state index contributed by atoms with van der Waals surface area (Å²) in [6.45, 7) is 4.36. The summed E-state index contributed by atoms with van der Waals surface area (Å²) in [5, 5.41) is 3.57. The van der Waals surface area contributed by atoms with Crippen molar-refractivity contribution in [1.29, 1.82) is 0 Å². The van der Waals surface area contributed by atoms with Gasteiger partial charge in [0.25, 0.3) is 0 Å². The number of anilines is 1. The number of benzene rings is 2. The van der Waals surface area contributed by atoms with E-state index in [2.05, 4.69) is 67.7 Å². The summed E-state index contributed by atoms with van der Waals surface area (Å²) in [4.78, 5) is 4.85. The van der Waals surface area contributed by atoms with Gasteiger partial charge in [0.05, 0.1) is 0 Å². The average molecular weight is 288 g/mol. The van der Waals surface area contributed by atoms with E-state index in [0.717, 1.165) is 12.8 Å². The van der Waals surface area contributed by atoms with Crippen LogP contribution in [0, 0.1) is 0 Å². The molecule has 1 N–H and O–H groups in total. The first kappa shape index (κ1) is 13.3. The number of nitrogens with zero attached hydrogens (tertiary/aromatic N) is 1. The van der Waals surface area contributed by atoms with Crippen molar-refractivity contribution in [1.82, 2.24) is 0 Å². The van der Waals surface area contributed by atoms with Gasteiger partial charge in [-0.15, -0.1) is 0 Å². The topological polar surface area (TPSA) is 24.4 Å². The molecule has 2 heteroatoms. The molecule has 0 bridgehead atoms. The lowest BCUT2D eigenvalue weighted by Gasteiger charge is -2.11. The molecule has 110 valence electrons. The van der Waals surface area contributed by atoms with Crippen LogP contribution in [0.5, 0.6) is 0 Å². The summed E-state index contributed by atoms with van der Waals surface area (Å²) in [5.41, 5.74) is 9.35. The Bertz CT molecular complexity index is 785. The van der Waals surface area contributed by atoms with Crippen molar-refractivity contribution in [3.05, 3.63) is 70.8 Å². The normalized spacial score (nSPS) is 18.8. The van der Waals surface area contributed by atoms with Crippen LogP contribution in [0.2, 0.25) is 0 Å². The second kappa shape index (κ2) is 5.13. The zero-order chi connectivity index (χ0) is 15.1. The molecule has 2 aromatic rings. The summed E-state index contributed by atoms with van der Waals surface area (Å²) in [7, 11) is 0. The molecule has 2 aromatic carbocycles. The number of aliphatic imine (C=N–C) groups is 1. The molecule has 2 aliphatic rings. The second-order valence-electron chi connectivity index (χ2n) is 6.01. The van der Waals surface area contributed by atoms with Gasteiger partial charge >= 0.3 is 0 Å². The second-order valence-corrected chi connectivity index (χ2v) is 6.01. The average Bonchev–Trinajstić information content (AvgIpc) is 3.04. The number of hydrogen-bond acceptors (Lipinski definition) is 2. The van der Waals surface area contributed by atoms with Crippen LogP contribution >= 0.6 is 0 Å². The highest BCUT2D eigenvalue weighted by Gasteiger charge is 2.34. The summed E-state index contributed by atoms with van der Waals surface area (Å²) in [6.07, 6.45) is 2.13. The molecule has 0 radical (unpaired) electrons. The summed E-state index contributed by atoms with van der Waals surface area (Å²) >= 11 is 0. The molecular formula is C20H20N2. The number of fused-ring (bicyclic) bond motifs is 3. The molecule has 0 amide bonds. The highest BCUT2D eigenvalue weighted by atomic mass is 15.1. The highest BCUT2D eigenvalue weighted by molar-refractivity contribution is 6.13. The molecule has 4 rings (SSSR count). The number of rotatable bonds is 3. The maximum atomic E-state index is 4.85. The molecule has 22 heavy (non-hydrogen) atoms. The van der Waals surface area contributed by atoms with Gasteiger partial charge in [-0.1, -0.05) is 49.4 Å². The molecule has 0 aliphatic carbocycles. The number of hydrogen-bond donors (Lipinski definition) is 1. The van der Waals surface area contributed by atoms with E-state index >= 15 is 0 Å². The van der Waals surface area contributed by atoms with Crippen LogP contribution in [0.1, 0.15) is 30.5 Å². The predicted octanol–water partition coefficient (Wildman–Crippen LogP) is 4.47. The quantitative estimate of drug-likeness (QED) is 0.885. The third-order valence-electron chi connectivity index (χ3n) is 4.67. The van der Waals surface area contributed by atoms with Gasteiger partial charge in [-0.2, -0.15) is 0 Å². The van der Waals surface area contributed by atoms with Crippen molar-refractivity contribution >= 4 is 17.0 Å². The summed E-state index contributed by atoms with van der Waals surface area (Å²) < 4.78 is 0. The third-order valence-corrected chi connectivity index (χ3v) is 4.67. The molecule has 0 spiro atoms. The molecule has 0 fully saturated rings. The van der Waals surface area contributed by atoms with Gasteiger partial charge in [0.1, 0.15) is 6.17 Å². The first-order valence-electron chi connectivity index (χ1n) is 7.98. The van der Waals surface area contributed by atoms with Gasteiger partial charge in [-0.3, -0.25) is 4.99 Å². The molecule has 0 saturated heterocycles. The van der Waals surface area contributed by atoms with Gasteiger partial charge < -0.3 is 5.32 Å². The fourth-order valence-electron chi connectivity index (χ4n) is 3.59. The Kier molecular flexibility index (Phi) is 3.11. The van der Waals surface area contributed by atoms with Crippen molar-refractivity contribution in [2.75, 3.05) is 5.32 Å². The van der Waals surface area contributed by atoms with Gasteiger partial charge in [-0.05, 0) is 42.5 Å². The number of aryl methyl sites for hydroxylation is 1. The molecule has 2 heterocycles. The third kappa shape index (κ3) is 1.98. The minimum absolute atomic E-state index is 0.112. The SMILES string of the molecule is CCc1cccc2c1C1=C(Cc3ccccc3)C(C)=N[C@@H]1N2. The Morgan fingerprint density at radius 2 is 1.86 bits per heavy atom. The first-order chi connectivity index (χ1) is 10.8. The summed E-state index contributed by atoms with van der Waals surface area (Å²) in [5.74, 6) is 0. The molecule has 0 aromatic heterocycles. The lowest BCUT2D eigenvalue weighted by molar-refractivity contribution is 1.01. The highest BCUT2D eigenvalue weighted by Crippen LogP contribution is 2.44. The van der Waals surface area contributed by atoms with Crippen LogP contribution in [0.4, 0.5) is 5.69 Å². The van der Waals surface area contributed by atoms with Crippen molar-refractivity contribution in [3.63, 3.8) is 0 Å². The van der Waals surface area contributed by atoms with Crippen LogP contribution in [0.15, 0.2) is 59.1 Å². The van der Waals surface area contributed by atoms with E-state index in [9.17, 15) is 0 Å². The van der Waals surface area contributed by atoms with Crippen LogP contribution in [-0.2, 0) is 12.8 Å².